The molecule has 0 aromatic carbocycles. The summed E-state index contributed by atoms with van der Waals surface area (Å²) in [5.41, 5.74) is 5.89. The Morgan fingerprint density at radius 2 is 2.25 bits per heavy atom. The second-order valence-corrected chi connectivity index (χ2v) is 4.96. The highest BCUT2D eigenvalue weighted by Gasteiger charge is 2.32. The summed E-state index contributed by atoms with van der Waals surface area (Å²) < 4.78 is 0. The van der Waals surface area contributed by atoms with E-state index in [1.54, 1.807) is 0 Å². The summed E-state index contributed by atoms with van der Waals surface area (Å²) >= 11 is 0. The molecule has 1 aliphatic rings. The summed E-state index contributed by atoms with van der Waals surface area (Å²) in [6.45, 7) is 4.98. The third-order valence-electron chi connectivity index (χ3n) is 3.36. The Bertz CT molecular complexity index is 231. The van der Waals surface area contributed by atoms with Crippen molar-refractivity contribution in [3.63, 3.8) is 0 Å². The van der Waals surface area contributed by atoms with E-state index in [2.05, 4.69) is 0 Å². The van der Waals surface area contributed by atoms with Crippen LogP contribution in [-0.2, 0) is 4.79 Å². The van der Waals surface area contributed by atoms with Crippen molar-refractivity contribution in [1.29, 1.82) is 0 Å². The molecule has 0 radical (unpaired) electrons. The predicted molar refractivity (Wildman–Crippen MR) is 63.9 cm³/mol. The number of likely N-dealkylation sites (tertiary alicyclic amines) is 1. The first kappa shape index (κ1) is 13.5. The number of nitrogens with two attached hydrogens (primary N) is 1. The number of hydrogen-bond donors (Lipinski definition) is 2. The Balaban J connectivity index is 2.53. The van der Waals surface area contributed by atoms with Crippen molar-refractivity contribution in [1.82, 2.24) is 4.90 Å². The summed E-state index contributed by atoms with van der Waals surface area (Å²) in [6.07, 6.45) is 3.78. The molecule has 1 aliphatic heterocycles. The quantitative estimate of drug-likeness (QED) is 0.729. The van der Waals surface area contributed by atoms with Crippen molar-refractivity contribution in [3.05, 3.63) is 0 Å². The molecule has 1 saturated heterocycles. The molecule has 4 heteroatoms. The lowest BCUT2D eigenvalue weighted by atomic mass is 10.0. The minimum atomic E-state index is -0.380. The molecule has 0 aromatic heterocycles. The zero-order valence-electron chi connectivity index (χ0n) is 10.4. The van der Waals surface area contributed by atoms with Crippen LogP contribution in [0, 0.1) is 5.92 Å². The third-order valence-corrected chi connectivity index (χ3v) is 3.36. The normalized spacial score (nSPS) is 22.8. The van der Waals surface area contributed by atoms with Crippen LogP contribution in [0.25, 0.3) is 0 Å². The monoisotopic (exact) mass is 228 g/mol. The molecule has 0 bridgehead atoms. The number of amides is 1. The fourth-order valence-electron chi connectivity index (χ4n) is 2.23. The van der Waals surface area contributed by atoms with Crippen molar-refractivity contribution in [3.8, 4) is 0 Å². The Labute approximate surface area is 97.8 Å². The second kappa shape index (κ2) is 6.21. The van der Waals surface area contributed by atoms with Crippen LogP contribution in [0.4, 0.5) is 0 Å². The molecule has 16 heavy (non-hydrogen) atoms. The van der Waals surface area contributed by atoms with Crippen molar-refractivity contribution in [2.24, 2.45) is 11.7 Å². The summed E-state index contributed by atoms with van der Waals surface area (Å²) in [5, 5.41) is 8.82. The van der Waals surface area contributed by atoms with Crippen LogP contribution in [0.5, 0.6) is 0 Å². The SMILES string of the molecule is CC(C)[C@@H](N)C(=O)N1CCCC1CCCO. The molecule has 0 spiro atoms. The van der Waals surface area contributed by atoms with E-state index in [4.69, 9.17) is 10.8 Å². The molecular weight excluding hydrogens is 204 g/mol. The Hall–Kier alpha value is -0.610. The van der Waals surface area contributed by atoms with Gasteiger partial charge in [0.05, 0.1) is 6.04 Å². The number of hydrogen-bond acceptors (Lipinski definition) is 3. The second-order valence-electron chi connectivity index (χ2n) is 4.96. The topological polar surface area (TPSA) is 66.6 Å². The minimum absolute atomic E-state index is 0.0791. The van der Waals surface area contributed by atoms with E-state index in [0.717, 1.165) is 32.2 Å². The molecule has 1 rings (SSSR count). The molecule has 0 saturated carbocycles. The van der Waals surface area contributed by atoms with E-state index < -0.39 is 0 Å². The number of carbonyl (C=O) groups is 1. The van der Waals surface area contributed by atoms with Gasteiger partial charge < -0.3 is 15.7 Å². The van der Waals surface area contributed by atoms with Crippen molar-refractivity contribution < 1.29 is 9.90 Å². The zero-order valence-corrected chi connectivity index (χ0v) is 10.4. The van der Waals surface area contributed by atoms with Gasteiger partial charge in [-0.15, -0.1) is 0 Å². The van der Waals surface area contributed by atoms with E-state index in [0.29, 0.717) is 6.04 Å². The Morgan fingerprint density at radius 1 is 1.56 bits per heavy atom. The van der Waals surface area contributed by atoms with Gasteiger partial charge in [0.15, 0.2) is 0 Å². The van der Waals surface area contributed by atoms with Gasteiger partial charge in [0.25, 0.3) is 0 Å². The van der Waals surface area contributed by atoms with E-state index >= 15 is 0 Å². The van der Waals surface area contributed by atoms with Gasteiger partial charge in [-0.05, 0) is 31.6 Å². The van der Waals surface area contributed by atoms with Gasteiger partial charge in [-0.3, -0.25) is 4.79 Å². The van der Waals surface area contributed by atoms with Crippen LogP contribution < -0.4 is 5.73 Å². The molecule has 1 unspecified atom stereocenters. The zero-order chi connectivity index (χ0) is 12.1. The molecule has 0 aliphatic carbocycles. The van der Waals surface area contributed by atoms with E-state index in [1.165, 1.54) is 0 Å². The largest absolute Gasteiger partial charge is 0.396 e. The summed E-state index contributed by atoms with van der Waals surface area (Å²) in [4.78, 5) is 14.0. The van der Waals surface area contributed by atoms with Gasteiger partial charge in [-0.25, -0.2) is 0 Å². The van der Waals surface area contributed by atoms with Gasteiger partial charge in [0.1, 0.15) is 0 Å². The third kappa shape index (κ3) is 3.19. The molecule has 0 aromatic rings. The van der Waals surface area contributed by atoms with E-state index in [1.807, 2.05) is 18.7 Å². The minimum Gasteiger partial charge on any atom is -0.396 e. The molecule has 94 valence electrons. The van der Waals surface area contributed by atoms with Gasteiger partial charge >= 0.3 is 0 Å². The first-order valence-electron chi connectivity index (χ1n) is 6.24. The highest BCUT2D eigenvalue weighted by Crippen LogP contribution is 2.22. The molecule has 1 amide bonds. The van der Waals surface area contributed by atoms with E-state index in [9.17, 15) is 4.79 Å². The molecule has 1 heterocycles. The number of rotatable bonds is 5. The number of aliphatic hydroxyl groups is 1. The van der Waals surface area contributed by atoms with Crippen molar-refractivity contribution in [2.75, 3.05) is 13.2 Å². The smallest absolute Gasteiger partial charge is 0.239 e. The number of aliphatic hydroxyl groups excluding tert-OH is 1. The van der Waals surface area contributed by atoms with E-state index in [-0.39, 0.29) is 24.5 Å². The lowest BCUT2D eigenvalue weighted by molar-refractivity contribution is -0.134. The van der Waals surface area contributed by atoms with Crippen LogP contribution in [-0.4, -0.2) is 41.1 Å². The van der Waals surface area contributed by atoms with Crippen LogP contribution in [0.3, 0.4) is 0 Å². The van der Waals surface area contributed by atoms with Crippen LogP contribution in [0.1, 0.15) is 39.5 Å². The molecule has 2 atom stereocenters. The van der Waals surface area contributed by atoms with Gasteiger partial charge in [-0.2, -0.15) is 0 Å². The first-order chi connectivity index (χ1) is 7.57. The molecule has 4 nitrogen and oxygen atoms in total. The van der Waals surface area contributed by atoms with Crippen LogP contribution in [0.2, 0.25) is 0 Å². The lowest BCUT2D eigenvalue weighted by Crippen LogP contribution is -2.48. The van der Waals surface area contributed by atoms with Gasteiger partial charge in [0.2, 0.25) is 5.91 Å². The Kier molecular flexibility index (Phi) is 5.22. The highest BCUT2D eigenvalue weighted by molar-refractivity contribution is 5.82. The van der Waals surface area contributed by atoms with Gasteiger partial charge in [0, 0.05) is 19.2 Å². The van der Waals surface area contributed by atoms with Crippen molar-refractivity contribution in [2.45, 2.75) is 51.6 Å². The van der Waals surface area contributed by atoms with Crippen LogP contribution >= 0.6 is 0 Å². The Morgan fingerprint density at radius 3 is 2.81 bits per heavy atom. The van der Waals surface area contributed by atoms with Crippen molar-refractivity contribution >= 4 is 5.91 Å². The van der Waals surface area contributed by atoms with Crippen LogP contribution in [0.15, 0.2) is 0 Å². The average Bonchev–Trinajstić information content (AvgIpc) is 2.72. The fraction of sp³-hybridized carbons (Fsp3) is 0.917. The maximum absolute atomic E-state index is 12.1. The maximum Gasteiger partial charge on any atom is 0.239 e. The number of carbonyl (C=O) groups excluding carboxylic acids is 1. The molecular formula is C12H24N2O2. The molecule has 1 fully saturated rings. The predicted octanol–water partition coefficient (Wildman–Crippen LogP) is 0.733. The first-order valence-corrected chi connectivity index (χ1v) is 6.24. The average molecular weight is 228 g/mol. The van der Waals surface area contributed by atoms with Gasteiger partial charge in [-0.1, -0.05) is 13.8 Å². The molecule has 3 N–H and O–H groups in total. The fourth-order valence-corrected chi connectivity index (χ4v) is 2.23. The number of nitrogens with zero attached hydrogens (tertiary/aromatic N) is 1. The summed E-state index contributed by atoms with van der Waals surface area (Å²) in [6, 6.07) is -0.0841. The summed E-state index contributed by atoms with van der Waals surface area (Å²) in [5.74, 6) is 0.266. The lowest BCUT2D eigenvalue weighted by Gasteiger charge is -2.28. The standard InChI is InChI=1S/C12H24N2O2/c1-9(2)11(13)12(16)14-7-3-5-10(14)6-4-8-15/h9-11,15H,3-8,13H2,1-2H3/t10?,11-/m1/s1. The highest BCUT2D eigenvalue weighted by atomic mass is 16.3. The summed E-state index contributed by atoms with van der Waals surface area (Å²) in [7, 11) is 0. The maximum atomic E-state index is 12.1.